The number of alkyl halides is 3. The van der Waals surface area contributed by atoms with Gasteiger partial charge in [0, 0.05) is 29.1 Å². The van der Waals surface area contributed by atoms with Gasteiger partial charge in [-0.05, 0) is 69.7 Å². The summed E-state index contributed by atoms with van der Waals surface area (Å²) in [7, 11) is 0. The highest BCUT2D eigenvalue weighted by Gasteiger charge is 2.43. The summed E-state index contributed by atoms with van der Waals surface area (Å²) in [5.41, 5.74) is 1.53. The predicted octanol–water partition coefficient (Wildman–Crippen LogP) is 7.74. The number of fused-ring (bicyclic) bond motifs is 3. The molecule has 1 aliphatic carbocycles. The van der Waals surface area contributed by atoms with E-state index in [9.17, 15) is 18.0 Å². The molecule has 1 saturated carbocycles. The molecule has 3 fully saturated rings. The lowest BCUT2D eigenvalue weighted by Crippen LogP contribution is -2.45. The van der Waals surface area contributed by atoms with Crippen molar-refractivity contribution in [2.75, 3.05) is 11.5 Å². The smallest absolute Gasteiger partial charge is 0.417 e. The maximum atomic E-state index is 13.8. The van der Waals surface area contributed by atoms with Crippen molar-refractivity contribution < 1.29 is 32.0 Å². The fourth-order valence-electron chi connectivity index (χ4n) is 6.42. The number of piperidine rings is 1. The van der Waals surface area contributed by atoms with Crippen LogP contribution in [0.3, 0.4) is 0 Å². The Kier molecular flexibility index (Phi) is 6.97. The Morgan fingerprint density at radius 2 is 1.86 bits per heavy atom. The van der Waals surface area contributed by atoms with Crippen LogP contribution in [0.2, 0.25) is 0 Å². The average molecular weight is 598 g/mol. The summed E-state index contributed by atoms with van der Waals surface area (Å²) < 4.78 is 59.6. The molecule has 42 heavy (non-hydrogen) atoms. The summed E-state index contributed by atoms with van der Waals surface area (Å²) in [5.74, 6) is 0.499. The van der Waals surface area contributed by atoms with E-state index in [0.29, 0.717) is 23.5 Å². The molecule has 2 bridgehead atoms. The van der Waals surface area contributed by atoms with E-state index in [4.69, 9.17) is 19.0 Å². The molecule has 11 heteroatoms. The highest BCUT2D eigenvalue weighted by atomic mass is 32.1. The van der Waals surface area contributed by atoms with Crippen LogP contribution in [0.1, 0.15) is 78.6 Å². The third kappa shape index (κ3) is 5.06. The summed E-state index contributed by atoms with van der Waals surface area (Å²) in [4.78, 5) is 19.5. The zero-order valence-corrected chi connectivity index (χ0v) is 23.8. The first-order chi connectivity index (χ1) is 20.3. The van der Waals surface area contributed by atoms with Crippen molar-refractivity contribution in [3.8, 4) is 11.3 Å². The number of anilines is 1. The van der Waals surface area contributed by atoms with E-state index in [1.54, 1.807) is 30.4 Å². The zero-order valence-electron chi connectivity index (χ0n) is 23.0. The van der Waals surface area contributed by atoms with Crippen LogP contribution in [-0.2, 0) is 22.3 Å². The molecular weight excluding hydrogens is 567 g/mol. The number of hydrogen-bond donors (Lipinski definition) is 0. The molecule has 4 aromatic rings. The summed E-state index contributed by atoms with van der Waals surface area (Å²) in [5, 5.41) is 5.07. The monoisotopic (exact) mass is 597 g/mol. The van der Waals surface area contributed by atoms with Crippen LogP contribution in [-0.4, -0.2) is 40.9 Å². The standard InChI is InChI=1S/C31H30F3N3O4S/c1-2-39-29(38)18-9-12-25-26(13-18)42-30(35-25)37-19-10-11-20(37)15-21(14-19)40-16-23-27(36-41-28(23)17-7-8-17)22-5-3-4-6-24(22)31(32,33)34/h3-6,9,12-13,17,19-21H,2,7-8,10-11,14-16H2,1H3/t19-,20+,21-. The van der Waals surface area contributed by atoms with Gasteiger partial charge in [0.25, 0.3) is 0 Å². The normalized spacial score (nSPS) is 22.2. The Bertz CT molecular complexity index is 1620. The molecular formula is C31H30F3N3O4S. The van der Waals surface area contributed by atoms with Gasteiger partial charge in [-0.15, -0.1) is 0 Å². The Hall–Kier alpha value is -3.44. The minimum absolute atomic E-state index is 0.0242. The summed E-state index contributed by atoms with van der Waals surface area (Å²) >= 11 is 1.58. The third-order valence-electron chi connectivity index (χ3n) is 8.52. The second-order valence-electron chi connectivity index (χ2n) is 11.3. The van der Waals surface area contributed by atoms with E-state index in [1.165, 1.54) is 12.1 Å². The number of carbonyl (C=O) groups is 1. The molecule has 0 N–H and O–H groups in total. The first-order valence-corrected chi connectivity index (χ1v) is 15.2. The molecule has 2 aliphatic heterocycles. The number of rotatable bonds is 8. The molecule has 2 aromatic heterocycles. The van der Waals surface area contributed by atoms with Crippen LogP contribution >= 0.6 is 11.3 Å². The number of hydrogen-bond acceptors (Lipinski definition) is 8. The van der Waals surface area contributed by atoms with Crippen molar-refractivity contribution >= 4 is 32.7 Å². The van der Waals surface area contributed by atoms with Crippen LogP contribution in [0.25, 0.3) is 21.5 Å². The van der Waals surface area contributed by atoms with E-state index in [1.807, 2.05) is 12.1 Å². The fraction of sp³-hybridized carbons (Fsp3) is 0.452. The Morgan fingerprint density at radius 1 is 1.10 bits per heavy atom. The average Bonchev–Trinajstić information content (AvgIpc) is 3.49. The third-order valence-corrected chi connectivity index (χ3v) is 9.55. The number of aromatic nitrogens is 2. The molecule has 4 heterocycles. The number of ether oxygens (including phenoxy) is 2. The molecule has 0 amide bonds. The van der Waals surface area contributed by atoms with Gasteiger partial charge < -0.3 is 18.9 Å². The fourth-order valence-corrected chi connectivity index (χ4v) is 7.57. The molecule has 0 radical (unpaired) electrons. The quantitative estimate of drug-likeness (QED) is 0.192. The van der Waals surface area contributed by atoms with Gasteiger partial charge >= 0.3 is 12.1 Å². The molecule has 3 aliphatic rings. The zero-order chi connectivity index (χ0) is 29.0. The minimum Gasteiger partial charge on any atom is -0.462 e. The van der Waals surface area contributed by atoms with Gasteiger partial charge in [0.2, 0.25) is 0 Å². The summed E-state index contributed by atoms with van der Waals surface area (Å²) in [6.07, 6.45) is 1.01. The maximum absolute atomic E-state index is 13.8. The lowest BCUT2D eigenvalue weighted by atomic mass is 9.98. The molecule has 2 aromatic carbocycles. The van der Waals surface area contributed by atoms with Gasteiger partial charge in [0.05, 0.1) is 40.7 Å². The number of thiazole rings is 1. The van der Waals surface area contributed by atoms with Gasteiger partial charge in [-0.2, -0.15) is 13.2 Å². The lowest BCUT2D eigenvalue weighted by molar-refractivity contribution is -0.137. The van der Waals surface area contributed by atoms with Crippen molar-refractivity contribution in [1.29, 1.82) is 0 Å². The van der Waals surface area contributed by atoms with E-state index in [0.717, 1.165) is 59.9 Å². The van der Waals surface area contributed by atoms with Gasteiger partial charge in [-0.1, -0.05) is 34.7 Å². The SMILES string of the molecule is CCOC(=O)c1ccc2nc(N3[C@@H]4CC[C@H]3C[C@H](OCc3c(-c5ccccc5C(F)(F)F)noc3C3CC3)C4)sc2c1. The molecule has 2 saturated heterocycles. The number of esters is 1. The lowest BCUT2D eigenvalue weighted by Gasteiger charge is -2.38. The van der Waals surface area contributed by atoms with Gasteiger partial charge in [0.1, 0.15) is 11.5 Å². The van der Waals surface area contributed by atoms with Crippen molar-refractivity contribution in [2.45, 2.75) is 82.3 Å². The van der Waals surface area contributed by atoms with E-state index in [2.05, 4.69) is 10.1 Å². The van der Waals surface area contributed by atoms with Crippen molar-refractivity contribution in [2.24, 2.45) is 0 Å². The van der Waals surface area contributed by atoms with Crippen molar-refractivity contribution in [3.63, 3.8) is 0 Å². The topological polar surface area (TPSA) is 77.7 Å². The summed E-state index contributed by atoms with van der Waals surface area (Å²) in [6.45, 7) is 2.28. The second kappa shape index (κ2) is 10.7. The number of nitrogens with zero attached hydrogens (tertiary/aromatic N) is 3. The highest BCUT2D eigenvalue weighted by Crippen LogP contribution is 2.47. The molecule has 3 atom stereocenters. The minimum atomic E-state index is -4.50. The van der Waals surface area contributed by atoms with Crippen LogP contribution in [0, 0.1) is 0 Å². The first kappa shape index (κ1) is 27.4. The van der Waals surface area contributed by atoms with Crippen LogP contribution < -0.4 is 4.90 Å². The first-order valence-electron chi connectivity index (χ1n) is 14.4. The summed E-state index contributed by atoms with van der Waals surface area (Å²) in [6, 6.07) is 11.5. The van der Waals surface area contributed by atoms with E-state index < -0.39 is 11.7 Å². The van der Waals surface area contributed by atoms with Crippen molar-refractivity contribution in [3.05, 3.63) is 64.9 Å². The largest absolute Gasteiger partial charge is 0.462 e. The maximum Gasteiger partial charge on any atom is 0.417 e. The van der Waals surface area contributed by atoms with Gasteiger partial charge in [-0.3, -0.25) is 0 Å². The molecule has 0 spiro atoms. The van der Waals surface area contributed by atoms with Crippen LogP contribution in [0.15, 0.2) is 47.0 Å². The Balaban J connectivity index is 1.09. The number of carbonyl (C=O) groups excluding carboxylic acids is 1. The second-order valence-corrected chi connectivity index (χ2v) is 12.3. The van der Waals surface area contributed by atoms with Crippen LogP contribution in [0.4, 0.5) is 18.3 Å². The number of benzene rings is 2. The number of halogens is 3. The van der Waals surface area contributed by atoms with Gasteiger partial charge in [0.15, 0.2) is 5.13 Å². The molecule has 7 nitrogen and oxygen atoms in total. The van der Waals surface area contributed by atoms with Crippen molar-refractivity contribution in [1.82, 2.24) is 10.1 Å². The highest BCUT2D eigenvalue weighted by molar-refractivity contribution is 7.22. The predicted molar refractivity (Wildman–Crippen MR) is 152 cm³/mol. The Labute approximate surface area is 244 Å². The van der Waals surface area contributed by atoms with Crippen LogP contribution in [0.5, 0.6) is 0 Å². The van der Waals surface area contributed by atoms with Gasteiger partial charge in [-0.25, -0.2) is 9.78 Å². The molecule has 0 unspecified atom stereocenters. The molecule has 220 valence electrons. The van der Waals surface area contributed by atoms with E-state index in [-0.39, 0.29) is 47.9 Å². The Morgan fingerprint density at radius 3 is 2.57 bits per heavy atom. The van der Waals surface area contributed by atoms with E-state index >= 15 is 0 Å². The molecule has 7 rings (SSSR count).